The third-order valence-corrected chi connectivity index (χ3v) is 2.59. The maximum absolute atomic E-state index is 11.1. The quantitative estimate of drug-likeness (QED) is 0.402. The molecule has 1 atom stereocenters. The van der Waals surface area contributed by atoms with Gasteiger partial charge in [0.25, 0.3) is 0 Å². The first-order chi connectivity index (χ1) is 8.76. The molecule has 98 valence electrons. The summed E-state index contributed by atoms with van der Waals surface area (Å²) in [5.41, 5.74) is 0. The van der Waals surface area contributed by atoms with Gasteiger partial charge < -0.3 is 9.47 Å². The van der Waals surface area contributed by atoms with Crippen LogP contribution in [0, 0.1) is 0 Å². The van der Waals surface area contributed by atoms with Crippen molar-refractivity contribution in [2.45, 2.75) is 32.3 Å². The zero-order valence-electron chi connectivity index (χ0n) is 10.8. The summed E-state index contributed by atoms with van der Waals surface area (Å²) >= 11 is 0. The van der Waals surface area contributed by atoms with Crippen LogP contribution in [-0.4, -0.2) is 18.7 Å². The second kappa shape index (κ2) is 8.34. The topological polar surface area (TPSA) is 35.5 Å². The first-order valence-electron chi connectivity index (χ1n) is 6.27. The third-order valence-electron chi connectivity index (χ3n) is 2.59. The van der Waals surface area contributed by atoms with Gasteiger partial charge in [-0.05, 0) is 31.4 Å². The highest BCUT2D eigenvalue weighted by atomic mass is 16.5. The lowest BCUT2D eigenvalue weighted by molar-refractivity contribution is -0.143. The van der Waals surface area contributed by atoms with Crippen LogP contribution in [0.15, 0.2) is 43.0 Å². The van der Waals surface area contributed by atoms with Gasteiger partial charge in [0.1, 0.15) is 11.9 Å². The summed E-state index contributed by atoms with van der Waals surface area (Å²) in [6, 6.07) is 9.69. The van der Waals surface area contributed by atoms with Crippen molar-refractivity contribution >= 4 is 5.97 Å². The molecule has 1 rings (SSSR count). The molecule has 0 saturated carbocycles. The highest BCUT2D eigenvalue weighted by Crippen LogP contribution is 2.11. The molecule has 0 N–H and O–H groups in total. The number of para-hydroxylation sites is 1. The number of carbonyl (C=O) groups is 1. The monoisotopic (exact) mass is 248 g/mol. The maximum atomic E-state index is 11.1. The number of rotatable bonds is 8. The SMILES string of the molecule is C=CC(=O)OC(CC)CCCOc1ccccc1. The molecule has 3 nitrogen and oxygen atoms in total. The molecule has 0 aliphatic rings. The summed E-state index contributed by atoms with van der Waals surface area (Å²) in [7, 11) is 0. The Balaban J connectivity index is 2.19. The van der Waals surface area contributed by atoms with E-state index in [0.29, 0.717) is 6.61 Å². The molecule has 3 heteroatoms. The van der Waals surface area contributed by atoms with Gasteiger partial charge in [-0.1, -0.05) is 31.7 Å². The first-order valence-corrected chi connectivity index (χ1v) is 6.27. The van der Waals surface area contributed by atoms with Crippen LogP contribution in [0.4, 0.5) is 0 Å². The molecule has 0 radical (unpaired) electrons. The molecule has 0 saturated heterocycles. The lowest BCUT2D eigenvalue weighted by Gasteiger charge is -2.15. The van der Waals surface area contributed by atoms with Crippen LogP contribution in [-0.2, 0) is 9.53 Å². The summed E-state index contributed by atoms with van der Waals surface area (Å²) in [5, 5.41) is 0. The Hall–Kier alpha value is -1.77. The highest BCUT2D eigenvalue weighted by molar-refractivity contribution is 5.81. The molecule has 0 heterocycles. The zero-order chi connectivity index (χ0) is 13.2. The van der Waals surface area contributed by atoms with Gasteiger partial charge in [-0.25, -0.2) is 4.79 Å². The Morgan fingerprint density at radius 2 is 2.11 bits per heavy atom. The number of esters is 1. The smallest absolute Gasteiger partial charge is 0.330 e. The molecular weight excluding hydrogens is 228 g/mol. The van der Waals surface area contributed by atoms with Gasteiger partial charge in [-0.2, -0.15) is 0 Å². The van der Waals surface area contributed by atoms with E-state index in [-0.39, 0.29) is 12.1 Å². The largest absolute Gasteiger partial charge is 0.494 e. The van der Waals surface area contributed by atoms with E-state index < -0.39 is 0 Å². The van der Waals surface area contributed by atoms with Crippen LogP contribution in [0.3, 0.4) is 0 Å². The average molecular weight is 248 g/mol. The van der Waals surface area contributed by atoms with Crippen molar-refractivity contribution in [1.82, 2.24) is 0 Å². The standard InChI is InChI=1S/C15H20O3/c1-3-13(18-15(16)4-2)11-8-12-17-14-9-6-5-7-10-14/h4-7,9-10,13H,2-3,8,11-12H2,1H3. The fourth-order valence-electron chi connectivity index (χ4n) is 1.58. The number of ether oxygens (including phenoxy) is 2. The summed E-state index contributed by atoms with van der Waals surface area (Å²) in [4.78, 5) is 11.1. The van der Waals surface area contributed by atoms with E-state index in [9.17, 15) is 4.79 Å². The summed E-state index contributed by atoms with van der Waals surface area (Å²) in [6.07, 6.45) is 3.63. The average Bonchev–Trinajstić information content (AvgIpc) is 2.43. The van der Waals surface area contributed by atoms with Crippen LogP contribution < -0.4 is 4.74 Å². The molecule has 1 unspecified atom stereocenters. The Morgan fingerprint density at radius 3 is 2.72 bits per heavy atom. The van der Waals surface area contributed by atoms with E-state index >= 15 is 0 Å². The molecule has 0 bridgehead atoms. The number of hydrogen-bond acceptors (Lipinski definition) is 3. The molecule has 18 heavy (non-hydrogen) atoms. The van der Waals surface area contributed by atoms with Crippen molar-refractivity contribution < 1.29 is 14.3 Å². The van der Waals surface area contributed by atoms with Crippen molar-refractivity contribution in [3.63, 3.8) is 0 Å². The minimum absolute atomic E-state index is 0.0464. The molecule has 0 aliphatic heterocycles. The first kappa shape index (κ1) is 14.3. The molecule has 0 amide bonds. The van der Waals surface area contributed by atoms with Gasteiger partial charge >= 0.3 is 5.97 Å². The molecule has 0 aromatic heterocycles. The molecule has 0 aliphatic carbocycles. The van der Waals surface area contributed by atoms with Crippen LogP contribution in [0.1, 0.15) is 26.2 Å². The highest BCUT2D eigenvalue weighted by Gasteiger charge is 2.09. The molecule has 1 aromatic rings. The molecule has 1 aromatic carbocycles. The zero-order valence-corrected chi connectivity index (χ0v) is 10.8. The van der Waals surface area contributed by atoms with Gasteiger partial charge in [0, 0.05) is 6.08 Å². The Bertz CT molecular complexity index is 359. The number of hydrogen-bond donors (Lipinski definition) is 0. The van der Waals surface area contributed by atoms with Crippen LogP contribution in [0.5, 0.6) is 5.75 Å². The molecular formula is C15H20O3. The number of carbonyl (C=O) groups excluding carboxylic acids is 1. The molecule has 0 fully saturated rings. The minimum Gasteiger partial charge on any atom is -0.494 e. The van der Waals surface area contributed by atoms with Crippen molar-refractivity contribution in [2.75, 3.05) is 6.61 Å². The van der Waals surface area contributed by atoms with Gasteiger partial charge in [0.05, 0.1) is 6.61 Å². The normalized spacial score (nSPS) is 11.6. The molecule has 0 spiro atoms. The van der Waals surface area contributed by atoms with E-state index in [1.807, 2.05) is 37.3 Å². The van der Waals surface area contributed by atoms with Gasteiger partial charge in [0.2, 0.25) is 0 Å². The van der Waals surface area contributed by atoms with Crippen molar-refractivity contribution in [3.05, 3.63) is 43.0 Å². The van der Waals surface area contributed by atoms with Crippen LogP contribution >= 0.6 is 0 Å². The van der Waals surface area contributed by atoms with E-state index in [1.165, 1.54) is 6.08 Å². The maximum Gasteiger partial charge on any atom is 0.330 e. The van der Waals surface area contributed by atoms with Gasteiger partial charge in [0.15, 0.2) is 0 Å². The predicted octanol–water partition coefficient (Wildman–Crippen LogP) is 3.35. The lowest BCUT2D eigenvalue weighted by atomic mass is 10.1. The minimum atomic E-state index is -0.356. The van der Waals surface area contributed by atoms with E-state index in [2.05, 4.69) is 6.58 Å². The Labute approximate surface area is 108 Å². The van der Waals surface area contributed by atoms with Gasteiger partial charge in [-0.15, -0.1) is 0 Å². The fraction of sp³-hybridized carbons (Fsp3) is 0.400. The van der Waals surface area contributed by atoms with Crippen LogP contribution in [0.25, 0.3) is 0 Å². The van der Waals surface area contributed by atoms with Crippen molar-refractivity contribution in [1.29, 1.82) is 0 Å². The lowest BCUT2D eigenvalue weighted by Crippen LogP contribution is -2.16. The van der Waals surface area contributed by atoms with E-state index in [1.54, 1.807) is 0 Å². The second-order valence-electron chi connectivity index (χ2n) is 3.98. The third kappa shape index (κ3) is 5.53. The van der Waals surface area contributed by atoms with Crippen molar-refractivity contribution in [3.8, 4) is 5.75 Å². The second-order valence-corrected chi connectivity index (χ2v) is 3.98. The number of benzene rings is 1. The van der Waals surface area contributed by atoms with Crippen molar-refractivity contribution in [2.24, 2.45) is 0 Å². The summed E-state index contributed by atoms with van der Waals surface area (Å²) in [5.74, 6) is 0.513. The van der Waals surface area contributed by atoms with Crippen LogP contribution in [0.2, 0.25) is 0 Å². The Kier molecular flexibility index (Phi) is 6.62. The van der Waals surface area contributed by atoms with Gasteiger partial charge in [-0.3, -0.25) is 0 Å². The Morgan fingerprint density at radius 1 is 1.39 bits per heavy atom. The fourth-order valence-corrected chi connectivity index (χ4v) is 1.58. The van der Waals surface area contributed by atoms with E-state index in [4.69, 9.17) is 9.47 Å². The van der Waals surface area contributed by atoms with E-state index in [0.717, 1.165) is 25.0 Å². The summed E-state index contributed by atoms with van der Waals surface area (Å²) in [6.45, 7) is 6.02. The predicted molar refractivity (Wildman–Crippen MR) is 71.5 cm³/mol. The summed E-state index contributed by atoms with van der Waals surface area (Å²) < 4.78 is 10.8.